The first-order valence-corrected chi connectivity index (χ1v) is 12.1. The van der Waals surface area contributed by atoms with Gasteiger partial charge in [-0.25, -0.2) is 0 Å². The van der Waals surface area contributed by atoms with Gasteiger partial charge in [0.25, 0.3) is 0 Å². The van der Waals surface area contributed by atoms with Gasteiger partial charge in [-0.3, -0.25) is 0 Å². The molecule has 32 heavy (non-hydrogen) atoms. The maximum atomic E-state index is 6.68. The number of furan rings is 1. The lowest BCUT2D eigenvalue weighted by molar-refractivity contribution is -0.281. The Bertz CT molecular complexity index is 833. The average Bonchev–Trinajstić information content (AvgIpc) is 3.59. The van der Waals surface area contributed by atoms with E-state index in [1.807, 2.05) is 12.1 Å². The van der Waals surface area contributed by atoms with Gasteiger partial charge >= 0.3 is 0 Å². The van der Waals surface area contributed by atoms with E-state index in [0.29, 0.717) is 12.4 Å². The summed E-state index contributed by atoms with van der Waals surface area (Å²) in [5, 5.41) is 0. The highest BCUT2D eigenvalue weighted by Crippen LogP contribution is 2.55. The zero-order valence-electron chi connectivity index (χ0n) is 18.5. The molecule has 5 aliphatic rings. The Labute approximate surface area is 189 Å². The van der Waals surface area contributed by atoms with Gasteiger partial charge in [0.2, 0.25) is 0 Å². The number of hydrogen-bond donors (Lipinski definition) is 0. The number of hydrogen-bond acceptors (Lipinski definition) is 7. The Morgan fingerprint density at radius 1 is 0.938 bits per heavy atom. The third kappa shape index (κ3) is 3.27. The summed E-state index contributed by atoms with van der Waals surface area (Å²) >= 11 is 0. The number of ether oxygens (including phenoxy) is 6. The van der Waals surface area contributed by atoms with Crippen molar-refractivity contribution >= 4 is 0 Å². The second kappa shape index (κ2) is 8.12. The molecule has 5 atom stereocenters. The van der Waals surface area contributed by atoms with Crippen molar-refractivity contribution in [1.82, 2.24) is 0 Å². The van der Waals surface area contributed by atoms with Crippen molar-refractivity contribution in [3.8, 4) is 12.3 Å². The van der Waals surface area contributed by atoms with Crippen LogP contribution < -0.4 is 0 Å². The molecule has 0 aromatic carbocycles. The normalized spacial score (nSPS) is 40.0. The van der Waals surface area contributed by atoms with Crippen LogP contribution in [-0.2, 0) is 34.0 Å². The SMILES string of the molecule is C#CCO[C@@]1(c2ccco2)[C@@H]([C@H]2COC3(CCCCC3)O2)O[C@@H]2OC3(CCCCC3)O[C@@H]21. The third-order valence-corrected chi connectivity index (χ3v) is 7.79. The summed E-state index contributed by atoms with van der Waals surface area (Å²) in [4.78, 5) is 0. The van der Waals surface area contributed by atoms with Crippen LogP contribution in [0.4, 0.5) is 0 Å². The van der Waals surface area contributed by atoms with Crippen molar-refractivity contribution in [2.24, 2.45) is 0 Å². The molecule has 3 aliphatic heterocycles. The lowest BCUT2D eigenvalue weighted by Gasteiger charge is -2.40. The van der Waals surface area contributed by atoms with Crippen LogP contribution in [0.2, 0.25) is 0 Å². The molecule has 0 radical (unpaired) electrons. The van der Waals surface area contributed by atoms with Crippen molar-refractivity contribution in [3.05, 3.63) is 24.2 Å². The first-order valence-electron chi connectivity index (χ1n) is 12.1. The van der Waals surface area contributed by atoms with Gasteiger partial charge in [-0.2, -0.15) is 0 Å². The molecule has 0 amide bonds. The Balaban J connectivity index is 1.35. The van der Waals surface area contributed by atoms with Gasteiger partial charge < -0.3 is 32.8 Å². The van der Waals surface area contributed by atoms with Crippen LogP contribution in [0.3, 0.4) is 0 Å². The summed E-state index contributed by atoms with van der Waals surface area (Å²) < 4.78 is 44.9. The van der Waals surface area contributed by atoms with E-state index in [1.54, 1.807) is 6.26 Å². The minimum Gasteiger partial charge on any atom is -0.466 e. The number of rotatable bonds is 4. The van der Waals surface area contributed by atoms with Crippen molar-refractivity contribution in [3.63, 3.8) is 0 Å². The molecule has 5 fully saturated rings. The van der Waals surface area contributed by atoms with E-state index in [9.17, 15) is 0 Å². The molecule has 2 aliphatic carbocycles. The first-order chi connectivity index (χ1) is 15.7. The predicted octanol–water partition coefficient (Wildman–Crippen LogP) is 4.00. The van der Waals surface area contributed by atoms with Crippen LogP contribution in [0.1, 0.15) is 70.0 Å². The Morgan fingerprint density at radius 3 is 2.38 bits per heavy atom. The topological polar surface area (TPSA) is 68.5 Å². The molecule has 0 N–H and O–H groups in total. The zero-order chi connectivity index (χ0) is 21.7. The van der Waals surface area contributed by atoms with Crippen LogP contribution in [0, 0.1) is 12.3 Å². The van der Waals surface area contributed by atoms with Crippen LogP contribution in [0.15, 0.2) is 22.8 Å². The Morgan fingerprint density at radius 2 is 1.69 bits per heavy atom. The zero-order valence-corrected chi connectivity index (χ0v) is 18.5. The molecule has 2 spiro atoms. The van der Waals surface area contributed by atoms with E-state index < -0.39 is 35.7 Å². The van der Waals surface area contributed by atoms with Crippen LogP contribution in [0.25, 0.3) is 0 Å². The van der Waals surface area contributed by atoms with Crippen LogP contribution >= 0.6 is 0 Å². The van der Waals surface area contributed by atoms with Gasteiger partial charge in [-0.15, -0.1) is 6.42 Å². The molecule has 174 valence electrons. The van der Waals surface area contributed by atoms with E-state index in [4.69, 9.17) is 39.3 Å². The number of fused-ring (bicyclic) bond motifs is 1. The molecule has 0 bridgehead atoms. The van der Waals surface area contributed by atoms with Crippen molar-refractivity contribution in [2.75, 3.05) is 13.2 Å². The summed E-state index contributed by atoms with van der Waals surface area (Å²) in [5.74, 6) is 2.07. The van der Waals surface area contributed by atoms with Crippen molar-refractivity contribution < 1.29 is 32.8 Å². The standard InChI is InChI=1S/C25H32O7/c1-2-15-27-25(19-10-9-16-26-19)20(18-17-28-23(30-18)11-5-3-6-12-23)29-22-21(25)31-24(32-22)13-7-4-8-14-24/h1,9-10,16,18,20-22H,3-8,11-15,17H2/t18-,20-,21+,22-,25+/m1/s1. The molecule has 4 heterocycles. The van der Waals surface area contributed by atoms with Crippen LogP contribution in [0.5, 0.6) is 0 Å². The molecule has 1 aromatic heterocycles. The van der Waals surface area contributed by atoms with Gasteiger partial charge in [0.1, 0.15) is 24.6 Å². The summed E-state index contributed by atoms with van der Waals surface area (Å²) in [6, 6.07) is 3.75. The third-order valence-electron chi connectivity index (χ3n) is 7.79. The van der Waals surface area contributed by atoms with Crippen molar-refractivity contribution in [1.29, 1.82) is 0 Å². The van der Waals surface area contributed by atoms with E-state index >= 15 is 0 Å². The molecule has 0 unspecified atom stereocenters. The molecule has 2 saturated carbocycles. The van der Waals surface area contributed by atoms with Gasteiger partial charge in [-0.1, -0.05) is 18.8 Å². The summed E-state index contributed by atoms with van der Waals surface area (Å²) in [6.07, 6.45) is 15.6. The molecule has 6 rings (SSSR count). The van der Waals surface area contributed by atoms with Gasteiger partial charge in [0.15, 0.2) is 29.6 Å². The largest absolute Gasteiger partial charge is 0.466 e. The molecule has 7 heteroatoms. The fraction of sp³-hybridized carbons (Fsp3) is 0.760. The smallest absolute Gasteiger partial charge is 0.191 e. The highest BCUT2D eigenvalue weighted by Gasteiger charge is 2.71. The Kier molecular flexibility index (Phi) is 5.37. The molecule has 7 nitrogen and oxygen atoms in total. The Hall–Kier alpha value is -1.40. The maximum absolute atomic E-state index is 6.68. The first kappa shape index (κ1) is 21.2. The molecular weight excluding hydrogens is 412 g/mol. The van der Waals surface area contributed by atoms with E-state index in [2.05, 4.69) is 5.92 Å². The van der Waals surface area contributed by atoms with Gasteiger partial charge in [0.05, 0.1) is 12.9 Å². The second-order valence-corrected chi connectivity index (χ2v) is 9.75. The summed E-state index contributed by atoms with van der Waals surface area (Å²) in [7, 11) is 0. The van der Waals surface area contributed by atoms with E-state index in [-0.39, 0.29) is 12.7 Å². The van der Waals surface area contributed by atoms with E-state index in [0.717, 1.165) is 51.4 Å². The fourth-order valence-electron chi connectivity index (χ4n) is 6.33. The summed E-state index contributed by atoms with van der Waals surface area (Å²) in [6.45, 7) is 0.524. The minimum atomic E-state index is -1.07. The number of terminal acetylenes is 1. The second-order valence-electron chi connectivity index (χ2n) is 9.75. The predicted molar refractivity (Wildman–Crippen MR) is 112 cm³/mol. The highest BCUT2D eigenvalue weighted by atomic mass is 16.9. The molecular formula is C25H32O7. The highest BCUT2D eigenvalue weighted by molar-refractivity contribution is 5.23. The molecule has 1 aromatic rings. The average molecular weight is 445 g/mol. The van der Waals surface area contributed by atoms with Crippen LogP contribution in [-0.4, -0.2) is 49.4 Å². The lowest BCUT2D eigenvalue weighted by atomic mass is 9.86. The lowest BCUT2D eigenvalue weighted by Crippen LogP contribution is -2.54. The minimum absolute atomic E-state index is 0.0961. The fourth-order valence-corrected chi connectivity index (χ4v) is 6.33. The van der Waals surface area contributed by atoms with Gasteiger partial charge in [-0.05, 0) is 37.8 Å². The van der Waals surface area contributed by atoms with Crippen molar-refractivity contribution in [2.45, 2.75) is 106 Å². The van der Waals surface area contributed by atoms with E-state index in [1.165, 1.54) is 12.8 Å². The molecule has 3 saturated heterocycles. The summed E-state index contributed by atoms with van der Waals surface area (Å²) in [5.41, 5.74) is -1.07. The maximum Gasteiger partial charge on any atom is 0.191 e. The monoisotopic (exact) mass is 444 g/mol. The van der Waals surface area contributed by atoms with Gasteiger partial charge in [0, 0.05) is 25.7 Å². The quantitative estimate of drug-likeness (QED) is 0.650.